The predicted molar refractivity (Wildman–Crippen MR) is 167 cm³/mol. The van der Waals surface area contributed by atoms with Crippen LogP contribution in [0.4, 0.5) is 0 Å². The first kappa shape index (κ1) is 46.0. The van der Waals surface area contributed by atoms with Gasteiger partial charge in [-0.2, -0.15) is 0 Å². The summed E-state index contributed by atoms with van der Waals surface area (Å²) in [6.45, 7) is -4.51. The maximum absolute atomic E-state index is 11.1. The van der Waals surface area contributed by atoms with E-state index in [1.54, 1.807) is 0 Å². The van der Waals surface area contributed by atoms with E-state index in [1.807, 2.05) is 0 Å². The molecule has 0 radical (unpaired) electrons. The molecule has 5 rings (SSSR count). The van der Waals surface area contributed by atoms with Crippen LogP contribution in [0.25, 0.3) is 0 Å². The molecule has 26 nitrogen and oxygen atoms in total. The molecule has 0 aromatic carbocycles. The molecule has 1 unspecified atom stereocenters. The van der Waals surface area contributed by atoms with Crippen molar-refractivity contribution in [2.75, 3.05) is 33.0 Å². The van der Waals surface area contributed by atoms with Crippen molar-refractivity contribution < 1.29 is 129 Å². The zero-order chi connectivity index (χ0) is 41.3. The van der Waals surface area contributed by atoms with Crippen molar-refractivity contribution >= 4 is 0 Å². The average Bonchev–Trinajstić information content (AvgIpc) is 3.19. The van der Waals surface area contributed by atoms with Gasteiger partial charge in [0.05, 0.1) is 33.0 Å². The molecular weight excluding hydrogens is 776 g/mol. The van der Waals surface area contributed by atoms with Gasteiger partial charge in [0.2, 0.25) is 0 Å². The van der Waals surface area contributed by atoms with Gasteiger partial charge in [0, 0.05) is 0 Å². The molecular formula is C30H52O26. The van der Waals surface area contributed by atoms with Gasteiger partial charge >= 0.3 is 0 Å². The summed E-state index contributed by atoms with van der Waals surface area (Å²) in [5, 5.41) is 176. The molecule has 0 aromatic rings. The van der Waals surface area contributed by atoms with Gasteiger partial charge in [-0.15, -0.1) is 0 Å². The summed E-state index contributed by atoms with van der Waals surface area (Å²) in [6.07, 6.45) is -45.8. The summed E-state index contributed by atoms with van der Waals surface area (Å²) in [4.78, 5) is 0. The fourth-order valence-corrected chi connectivity index (χ4v) is 7.03. The predicted octanol–water partition coefficient (Wildman–Crippen LogP) is -11.9. The molecule has 0 amide bonds. The molecule has 26 heteroatoms. The summed E-state index contributed by atoms with van der Waals surface area (Å²) in [7, 11) is 0. The van der Waals surface area contributed by atoms with Crippen LogP contribution in [0.5, 0.6) is 0 Å². The zero-order valence-electron chi connectivity index (χ0n) is 29.2. The molecule has 25 atom stereocenters. The van der Waals surface area contributed by atoms with E-state index in [4.69, 9.17) is 42.6 Å². The van der Waals surface area contributed by atoms with E-state index in [9.17, 15) is 86.8 Å². The number of aliphatic hydroxyl groups excluding tert-OH is 17. The van der Waals surface area contributed by atoms with E-state index in [2.05, 4.69) is 0 Å². The van der Waals surface area contributed by atoms with Crippen LogP contribution in [0.2, 0.25) is 0 Å². The Kier molecular flexibility index (Phi) is 16.1. The molecule has 5 aliphatic rings. The van der Waals surface area contributed by atoms with Crippen molar-refractivity contribution in [3.63, 3.8) is 0 Å². The van der Waals surface area contributed by atoms with Gasteiger partial charge in [-0.3, -0.25) is 0 Å². The number of ether oxygens (including phenoxy) is 9. The van der Waals surface area contributed by atoms with Crippen LogP contribution in [0, 0.1) is 0 Å². The largest absolute Gasteiger partial charge is 0.394 e. The number of hydrogen-bond acceptors (Lipinski definition) is 26. The monoisotopic (exact) mass is 828 g/mol. The minimum atomic E-state index is -2.12. The van der Waals surface area contributed by atoms with Gasteiger partial charge in [0.15, 0.2) is 31.5 Å². The Bertz CT molecular complexity index is 1200. The highest BCUT2D eigenvalue weighted by molar-refractivity contribution is 4.99. The molecule has 5 saturated heterocycles. The Morgan fingerprint density at radius 3 is 0.821 bits per heavy atom. The van der Waals surface area contributed by atoms with Gasteiger partial charge in [0.1, 0.15) is 122 Å². The lowest BCUT2D eigenvalue weighted by atomic mass is 9.95. The minimum absolute atomic E-state index is 0.811. The molecule has 17 N–H and O–H groups in total. The third-order valence-electron chi connectivity index (χ3n) is 10.3. The van der Waals surface area contributed by atoms with Crippen molar-refractivity contribution in [1.29, 1.82) is 0 Å². The Morgan fingerprint density at radius 1 is 0.268 bits per heavy atom. The Morgan fingerprint density at radius 2 is 0.518 bits per heavy atom. The number of aliphatic hydroxyl groups is 17. The highest BCUT2D eigenvalue weighted by Crippen LogP contribution is 2.35. The Labute approximate surface area is 316 Å². The molecule has 0 aliphatic carbocycles. The van der Waals surface area contributed by atoms with Crippen LogP contribution in [0.1, 0.15) is 0 Å². The molecule has 0 saturated carbocycles. The van der Waals surface area contributed by atoms with Crippen LogP contribution in [-0.2, 0) is 42.6 Å². The maximum atomic E-state index is 11.1. The molecule has 0 spiro atoms. The Hall–Kier alpha value is -1.04. The van der Waals surface area contributed by atoms with Crippen molar-refractivity contribution in [3.8, 4) is 0 Å². The second-order valence-corrected chi connectivity index (χ2v) is 13.9. The van der Waals surface area contributed by atoms with Crippen molar-refractivity contribution in [3.05, 3.63) is 0 Å². The smallest absolute Gasteiger partial charge is 0.187 e. The maximum Gasteiger partial charge on any atom is 0.187 e. The van der Waals surface area contributed by atoms with E-state index < -0.39 is 187 Å². The fraction of sp³-hybridized carbons (Fsp3) is 1.00. The van der Waals surface area contributed by atoms with Gasteiger partial charge in [-0.1, -0.05) is 0 Å². The highest BCUT2D eigenvalue weighted by atomic mass is 16.8. The van der Waals surface area contributed by atoms with Crippen LogP contribution >= 0.6 is 0 Å². The topological polar surface area (TPSA) is 427 Å². The minimum Gasteiger partial charge on any atom is -0.394 e. The third kappa shape index (κ3) is 9.16. The number of rotatable bonds is 13. The van der Waals surface area contributed by atoms with Gasteiger partial charge in [-0.25, -0.2) is 0 Å². The summed E-state index contributed by atoms with van der Waals surface area (Å²) in [5.41, 5.74) is 0. The standard InChI is InChI=1S/C30H52O26/c31-1-6-11(36)12(37)18(43)27(49-6)54-23-8(3-33)51-29(20(45)14(23)39)56-25-10(5-35)52-30(21(46)16(25)41)55-24-9(4-34)50-28(19(44)15(24)40)53-22-7(2-32)48-26(47)17(42)13(22)38/h6-47H,1-5H2/t6-,7-,8-,9-,10-,11+,12+,13-,14-,15-,16-,17-,18-,19-,20-,21-,22-,23-,24-,25-,26?,27+,28+,29+,30+/m1/s1. The van der Waals surface area contributed by atoms with Gasteiger partial charge in [0.25, 0.3) is 0 Å². The zero-order valence-corrected chi connectivity index (χ0v) is 29.2. The summed E-state index contributed by atoms with van der Waals surface area (Å²) in [6, 6.07) is 0. The lowest BCUT2D eigenvalue weighted by Crippen LogP contribution is -2.68. The molecule has 5 heterocycles. The van der Waals surface area contributed by atoms with Crippen molar-refractivity contribution in [1.82, 2.24) is 0 Å². The molecule has 0 bridgehead atoms. The van der Waals surface area contributed by atoms with E-state index in [1.165, 1.54) is 0 Å². The van der Waals surface area contributed by atoms with E-state index in [-0.39, 0.29) is 0 Å². The van der Waals surface area contributed by atoms with E-state index in [0.29, 0.717) is 0 Å². The summed E-state index contributed by atoms with van der Waals surface area (Å²) < 4.78 is 49.1. The second kappa shape index (κ2) is 19.6. The molecule has 5 fully saturated rings. The van der Waals surface area contributed by atoms with E-state index >= 15 is 0 Å². The van der Waals surface area contributed by atoms with Crippen LogP contribution in [-0.4, -0.2) is 273 Å². The second-order valence-electron chi connectivity index (χ2n) is 13.9. The Balaban J connectivity index is 1.22. The third-order valence-corrected chi connectivity index (χ3v) is 10.3. The van der Waals surface area contributed by atoms with Crippen LogP contribution < -0.4 is 0 Å². The first-order chi connectivity index (χ1) is 26.5. The first-order valence-electron chi connectivity index (χ1n) is 17.6. The lowest BCUT2D eigenvalue weighted by Gasteiger charge is -2.49. The van der Waals surface area contributed by atoms with Gasteiger partial charge in [-0.05, 0) is 0 Å². The average molecular weight is 829 g/mol. The lowest BCUT2D eigenvalue weighted by molar-refractivity contribution is -0.392. The van der Waals surface area contributed by atoms with Crippen LogP contribution in [0.15, 0.2) is 0 Å². The van der Waals surface area contributed by atoms with Crippen molar-refractivity contribution in [2.45, 2.75) is 154 Å². The molecule has 56 heavy (non-hydrogen) atoms. The summed E-state index contributed by atoms with van der Waals surface area (Å²) in [5.74, 6) is 0. The highest BCUT2D eigenvalue weighted by Gasteiger charge is 2.56. The normalized spacial score (nSPS) is 53.2. The first-order valence-corrected chi connectivity index (χ1v) is 17.6. The number of hydrogen-bond donors (Lipinski definition) is 17. The molecule has 5 aliphatic heterocycles. The molecule has 328 valence electrons. The SMILES string of the molecule is OC[C@H]1O[C@@H](O[C@H]2[C@H](O)[C@@H](O)[C@H](O[C@H]3[C@H](O)[C@@H](O)[C@H](O[C@H]4[C@H](O)[C@@H](O)[C@H](O[C@H]5[C@H](O)[C@@H](O)C(O)O[C@@H]5CO)O[C@@H]4CO)O[C@@H]3CO)O[C@@H]2CO)[C@H](O)[C@@H](O)[C@H]1O. The van der Waals surface area contributed by atoms with E-state index in [0.717, 1.165) is 0 Å². The quantitative estimate of drug-likeness (QED) is 0.0819. The van der Waals surface area contributed by atoms with Crippen LogP contribution in [0.3, 0.4) is 0 Å². The molecule has 0 aromatic heterocycles. The fourth-order valence-electron chi connectivity index (χ4n) is 7.03. The van der Waals surface area contributed by atoms with Crippen molar-refractivity contribution in [2.24, 2.45) is 0 Å². The summed E-state index contributed by atoms with van der Waals surface area (Å²) >= 11 is 0. The van der Waals surface area contributed by atoms with Gasteiger partial charge < -0.3 is 129 Å².